The Morgan fingerprint density at radius 2 is 2.00 bits per heavy atom. The zero-order valence-corrected chi connectivity index (χ0v) is 15.2. The van der Waals surface area contributed by atoms with Crippen molar-refractivity contribution in [3.8, 4) is 0 Å². The molecule has 1 aliphatic rings. The molecule has 2 N–H and O–H groups in total. The summed E-state index contributed by atoms with van der Waals surface area (Å²) in [7, 11) is -3.46. The van der Waals surface area contributed by atoms with E-state index in [0.29, 0.717) is 24.7 Å². The molecule has 8 heteroatoms. The SMILES string of the molecule is Cc1ccc(C(C)(O)CNc2ccc(S(=O)(=O)N3CCCC3)cn2)o1. The van der Waals surface area contributed by atoms with Crippen LogP contribution in [-0.4, -0.2) is 42.4 Å². The van der Waals surface area contributed by atoms with Crippen molar-refractivity contribution in [1.29, 1.82) is 0 Å². The number of hydrogen-bond acceptors (Lipinski definition) is 6. The summed E-state index contributed by atoms with van der Waals surface area (Å²) in [6.45, 7) is 4.77. The lowest BCUT2D eigenvalue weighted by molar-refractivity contribution is 0.0467. The predicted octanol–water partition coefficient (Wildman–Crippen LogP) is 2.09. The Hall–Kier alpha value is -1.90. The van der Waals surface area contributed by atoms with Crippen LogP contribution in [0.1, 0.15) is 31.3 Å². The zero-order chi connectivity index (χ0) is 18.1. The largest absolute Gasteiger partial charge is 0.463 e. The number of rotatable bonds is 6. The van der Waals surface area contributed by atoms with Gasteiger partial charge in [0.1, 0.15) is 27.8 Å². The lowest BCUT2D eigenvalue weighted by Crippen LogP contribution is -2.30. The van der Waals surface area contributed by atoms with Gasteiger partial charge in [-0.05, 0) is 51.0 Å². The van der Waals surface area contributed by atoms with Crippen molar-refractivity contribution >= 4 is 15.8 Å². The summed E-state index contributed by atoms with van der Waals surface area (Å²) in [6.07, 6.45) is 3.14. The minimum Gasteiger partial charge on any atom is -0.463 e. The standard InChI is InChI=1S/C17H23N3O4S/c1-13-5-7-15(24-13)17(2,21)12-19-16-8-6-14(11-18-16)25(22,23)20-9-3-4-10-20/h5-8,11,21H,3-4,9-10,12H2,1-2H3,(H,18,19). The molecule has 0 saturated carbocycles. The smallest absolute Gasteiger partial charge is 0.244 e. The van der Waals surface area contributed by atoms with E-state index in [9.17, 15) is 13.5 Å². The monoisotopic (exact) mass is 365 g/mol. The van der Waals surface area contributed by atoms with E-state index < -0.39 is 15.6 Å². The fraction of sp³-hybridized carbons (Fsp3) is 0.471. The third kappa shape index (κ3) is 3.86. The van der Waals surface area contributed by atoms with Crippen LogP contribution in [0, 0.1) is 6.92 Å². The highest BCUT2D eigenvalue weighted by Gasteiger charge is 2.28. The molecule has 3 rings (SSSR count). The van der Waals surface area contributed by atoms with Crippen molar-refractivity contribution in [1.82, 2.24) is 9.29 Å². The summed E-state index contributed by atoms with van der Waals surface area (Å²) in [6, 6.07) is 6.66. The van der Waals surface area contributed by atoms with Crippen molar-refractivity contribution in [2.45, 2.75) is 37.2 Å². The van der Waals surface area contributed by atoms with Gasteiger partial charge in [-0.15, -0.1) is 0 Å². The topological polar surface area (TPSA) is 95.7 Å². The van der Waals surface area contributed by atoms with E-state index in [1.165, 1.54) is 16.6 Å². The Balaban J connectivity index is 1.66. The van der Waals surface area contributed by atoms with E-state index in [1.54, 1.807) is 25.1 Å². The molecule has 2 aromatic heterocycles. The van der Waals surface area contributed by atoms with Crippen molar-refractivity contribution in [2.24, 2.45) is 0 Å². The van der Waals surface area contributed by atoms with Crippen LogP contribution in [0.25, 0.3) is 0 Å². The highest BCUT2D eigenvalue weighted by atomic mass is 32.2. The second kappa shape index (κ2) is 6.78. The number of anilines is 1. The van der Waals surface area contributed by atoms with Crippen LogP contribution in [0.5, 0.6) is 0 Å². The van der Waals surface area contributed by atoms with E-state index in [4.69, 9.17) is 4.42 Å². The lowest BCUT2D eigenvalue weighted by atomic mass is 10.0. The van der Waals surface area contributed by atoms with E-state index in [1.807, 2.05) is 6.92 Å². The van der Waals surface area contributed by atoms with Gasteiger partial charge in [-0.3, -0.25) is 0 Å². The van der Waals surface area contributed by atoms with Crippen molar-refractivity contribution in [2.75, 3.05) is 25.0 Å². The van der Waals surface area contributed by atoms with Gasteiger partial charge in [0.2, 0.25) is 10.0 Å². The van der Waals surface area contributed by atoms with E-state index >= 15 is 0 Å². The van der Waals surface area contributed by atoms with Crippen LogP contribution in [0.2, 0.25) is 0 Å². The van der Waals surface area contributed by atoms with Crippen LogP contribution in [0.3, 0.4) is 0 Å². The molecule has 136 valence electrons. The molecule has 0 bridgehead atoms. The maximum atomic E-state index is 12.5. The number of aryl methyl sites for hydroxylation is 1. The van der Waals surface area contributed by atoms with Crippen molar-refractivity contribution < 1.29 is 17.9 Å². The second-order valence-corrected chi connectivity index (χ2v) is 8.47. The van der Waals surface area contributed by atoms with Gasteiger partial charge < -0.3 is 14.8 Å². The summed E-state index contributed by atoms with van der Waals surface area (Å²) < 4.78 is 31.9. The number of aromatic nitrogens is 1. The number of furan rings is 1. The van der Waals surface area contributed by atoms with Crippen LogP contribution in [0.4, 0.5) is 5.82 Å². The molecule has 2 aromatic rings. The van der Waals surface area contributed by atoms with Gasteiger partial charge >= 0.3 is 0 Å². The number of aliphatic hydroxyl groups is 1. The first kappa shape index (κ1) is 17.9. The minimum absolute atomic E-state index is 0.186. The Morgan fingerprint density at radius 3 is 2.56 bits per heavy atom. The molecule has 1 unspecified atom stereocenters. The van der Waals surface area contributed by atoms with E-state index in [2.05, 4.69) is 10.3 Å². The molecule has 7 nitrogen and oxygen atoms in total. The summed E-state index contributed by atoms with van der Waals surface area (Å²) in [5.41, 5.74) is -1.20. The average Bonchev–Trinajstić information content (AvgIpc) is 3.25. The second-order valence-electron chi connectivity index (χ2n) is 6.53. The summed E-state index contributed by atoms with van der Waals surface area (Å²) >= 11 is 0. The molecular weight excluding hydrogens is 342 g/mol. The third-order valence-corrected chi connectivity index (χ3v) is 6.21. The minimum atomic E-state index is -3.46. The number of pyridine rings is 1. The maximum Gasteiger partial charge on any atom is 0.244 e. The van der Waals surface area contributed by atoms with Crippen molar-refractivity contribution in [3.63, 3.8) is 0 Å². The highest BCUT2D eigenvalue weighted by Crippen LogP contribution is 2.24. The van der Waals surface area contributed by atoms with E-state index in [-0.39, 0.29) is 11.4 Å². The van der Waals surface area contributed by atoms with Gasteiger partial charge in [0.05, 0.1) is 6.54 Å². The predicted molar refractivity (Wildman–Crippen MR) is 93.7 cm³/mol. The fourth-order valence-corrected chi connectivity index (χ4v) is 4.25. The number of nitrogens with one attached hydrogen (secondary N) is 1. The molecule has 1 saturated heterocycles. The number of sulfonamides is 1. The first-order valence-electron chi connectivity index (χ1n) is 8.28. The molecule has 1 atom stereocenters. The lowest BCUT2D eigenvalue weighted by Gasteiger charge is -2.21. The number of hydrogen-bond donors (Lipinski definition) is 2. The summed E-state index contributed by atoms with van der Waals surface area (Å²) in [5, 5.41) is 13.5. The molecule has 0 spiro atoms. The maximum absolute atomic E-state index is 12.5. The van der Waals surface area contributed by atoms with Gasteiger partial charge in [0.25, 0.3) is 0 Å². The van der Waals surface area contributed by atoms with E-state index in [0.717, 1.165) is 18.6 Å². The molecular formula is C17H23N3O4S. The molecule has 1 fully saturated rings. The Morgan fingerprint density at radius 1 is 1.28 bits per heavy atom. The first-order valence-corrected chi connectivity index (χ1v) is 9.72. The Bertz CT molecular complexity index is 822. The van der Waals surface area contributed by atoms with Gasteiger partial charge in [-0.2, -0.15) is 4.31 Å². The van der Waals surface area contributed by atoms with Crippen LogP contribution >= 0.6 is 0 Å². The van der Waals surface area contributed by atoms with Gasteiger partial charge in [-0.25, -0.2) is 13.4 Å². The Labute approximate surface area is 147 Å². The highest BCUT2D eigenvalue weighted by molar-refractivity contribution is 7.89. The fourth-order valence-electron chi connectivity index (χ4n) is 2.79. The zero-order valence-electron chi connectivity index (χ0n) is 14.4. The van der Waals surface area contributed by atoms with Gasteiger partial charge in [0.15, 0.2) is 0 Å². The Kier molecular flexibility index (Phi) is 4.86. The average molecular weight is 365 g/mol. The quantitative estimate of drug-likeness (QED) is 0.814. The molecule has 0 amide bonds. The molecule has 0 aromatic carbocycles. The first-order chi connectivity index (χ1) is 11.8. The van der Waals surface area contributed by atoms with Gasteiger partial charge in [0, 0.05) is 19.3 Å². The third-order valence-electron chi connectivity index (χ3n) is 4.32. The van der Waals surface area contributed by atoms with Crippen LogP contribution < -0.4 is 5.32 Å². The molecule has 3 heterocycles. The van der Waals surface area contributed by atoms with Gasteiger partial charge in [-0.1, -0.05) is 0 Å². The summed E-state index contributed by atoms with van der Waals surface area (Å²) in [5.74, 6) is 1.68. The number of nitrogens with zero attached hydrogens (tertiary/aromatic N) is 2. The van der Waals surface area contributed by atoms with Crippen LogP contribution in [-0.2, 0) is 15.6 Å². The summed E-state index contributed by atoms with van der Waals surface area (Å²) in [4.78, 5) is 4.35. The molecule has 0 aliphatic carbocycles. The molecule has 1 aliphatic heterocycles. The van der Waals surface area contributed by atoms with Crippen LogP contribution in [0.15, 0.2) is 39.8 Å². The molecule has 25 heavy (non-hydrogen) atoms. The van der Waals surface area contributed by atoms with Crippen molar-refractivity contribution in [3.05, 3.63) is 42.0 Å². The molecule has 0 radical (unpaired) electrons. The normalized spacial score (nSPS) is 18.2.